The van der Waals surface area contributed by atoms with Crippen LogP contribution in [-0.4, -0.2) is 15.7 Å². The first kappa shape index (κ1) is 18.6. The van der Waals surface area contributed by atoms with Crippen LogP contribution in [0.1, 0.15) is 30.5 Å². The van der Waals surface area contributed by atoms with E-state index in [1.165, 1.54) is 16.3 Å². The van der Waals surface area contributed by atoms with Gasteiger partial charge in [-0.2, -0.15) is 5.10 Å². The monoisotopic (exact) mass is 361 g/mol. The Bertz CT molecular complexity index is 1010. The fourth-order valence-electron chi connectivity index (χ4n) is 2.92. The Morgan fingerprint density at radius 1 is 1.04 bits per heavy atom. The molecule has 0 fully saturated rings. The highest BCUT2D eigenvalue weighted by atomic mass is 16.2. The number of hydrogen-bond donors (Lipinski definition) is 1. The average Bonchev–Trinajstić information content (AvgIpc) is 2.67. The summed E-state index contributed by atoms with van der Waals surface area (Å²) >= 11 is 0. The van der Waals surface area contributed by atoms with E-state index >= 15 is 0 Å². The van der Waals surface area contributed by atoms with E-state index in [0.29, 0.717) is 17.8 Å². The Hall–Kier alpha value is -3.21. The van der Waals surface area contributed by atoms with Gasteiger partial charge in [0.2, 0.25) is 5.91 Å². The van der Waals surface area contributed by atoms with Crippen LogP contribution in [-0.2, 0) is 4.79 Å². The van der Waals surface area contributed by atoms with Crippen LogP contribution in [0.4, 0.5) is 5.69 Å². The maximum Gasteiger partial charge on any atom is 0.267 e. The fourth-order valence-corrected chi connectivity index (χ4v) is 2.92. The van der Waals surface area contributed by atoms with Crippen molar-refractivity contribution in [3.05, 3.63) is 82.1 Å². The Morgan fingerprint density at radius 2 is 1.78 bits per heavy atom. The van der Waals surface area contributed by atoms with Crippen LogP contribution in [0.25, 0.3) is 11.3 Å². The molecule has 0 saturated carbocycles. The van der Waals surface area contributed by atoms with Gasteiger partial charge in [0.25, 0.3) is 5.56 Å². The topological polar surface area (TPSA) is 64.0 Å². The molecule has 1 aromatic heterocycles. The second-order valence-electron chi connectivity index (χ2n) is 6.58. The number of rotatable bonds is 5. The summed E-state index contributed by atoms with van der Waals surface area (Å²) in [5, 5.41) is 7.35. The van der Waals surface area contributed by atoms with Gasteiger partial charge >= 0.3 is 0 Å². The molecule has 0 radical (unpaired) electrons. The largest absolute Gasteiger partial charge is 0.324 e. The zero-order chi connectivity index (χ0) is 19.4. The van der Waals surface area contributed by atoms with Gasteiger partial charge in [0.1, 0.15) is 6.04 Å². The number of nitrogens with one attached hydrogen (secondary N) is 1. The molecule has 0 saturated heterocycles. The molecule has 2 aromatic carbocycles. The van der Waals surface area contributed by atoms with E-state index in [1.54, 1.807) is 6.07 Å². The summed E-state index contributed by atoms with van der Waals surface area (Å²) < 4.78 is 1.28. The molecule has 1 heterocycles. The zero-order valence-electron chi connectivity index (χ0n) is 15.8. The number of aryl methyl sites for hydroxylation is 2. The molecule has 0 aliphatic rings. The van der Waals surface area contributed by atoms with E-state index in [0.717, 1.165) is 11.1 Å². The lowest BCUT2D eigenvalue weighted by molar-refractivity contribution is -0.119. The molecule has 0 unspecified atom stereocenters. The zero-order valence-corrected chi connectivity index (χ0v) is 15.8. The number of hydrogen-bond acceptors (Lipinski definition) is 3. The summed E-state index contributed by atoms with van der Waals surface area (Å²) in [5.41, 5.74) is 4.34. The van der Waals surface area contributed by atoms with E-state index < -0.39 is 6.04 Å². The molecule has 0 bridgehead atoms. The number of benzene rings is 2. The summed E-state index contributed by atoms with van der Waals surface area (Å²) in [5.74, 6) is -0.254. The lowest BCUT2D eigenvalue weighted by Gasteiger charge is -2.17. The number of aromatic nitrogens is 2. The summed E-state index contributed by atoms with van der Waals surface area (Å²) in [7, 11) is 0. The number of carbonyl (C=O) groups is 1. The molecule has 5 nitrogen and oxygen atoms in total. The van der Waals surface area contributed by atoms with Gasteiger partial charge in [-0.1, -0.05) is 37.3 Å². The summed E-state index contributed by atoms with van der Waals surface area (Å²) in [6.07, 6.45) is 0.460. The molecule has 27 heavy (non-hydrogen) atoms. The van der Waals surface area contributed by atoms with Crippen LogP contribution < -0.4 is 10.9 Å². The Morgan fingerprint density at radius 3 is 2.44 bits per heavy atom. The highest BCUT2D eigenvalue weighted by molar-refractivity contribution is 5.93. The van der Waals surface area contributed by atoms with Gasteiger partial charge in [0.15, 0.2) is 0 Å². The van der Waals surface area contributed by atoms with Crippen molar-refractivity contribution in [2.75, 3.05) is 5.32 Å². The molecule has 1 atom stereocenters. The number of amides is 1. The second-order valence-corrected chi connectivity index (χ2v) is 6.58. The summed E-state index contributed by atoms with van der Waals surface area (Å²) in [6.45, 7) is 5.96. The van der Waals surface area contributed by atoms with Crippen molar-refractivity contribution in [3.63, 3.8) is 0 Å². The summed E-state index contributed by atoms with van der Waals surface area (Å²) in [4.78, 5) is 25.1. The molecule has 1 N–H and O–H groups in total. The van der Waals surface area contributed by atoms with Gasteiger partial charge in [0.05, 0.1) is 5.69 Å². The predicted molar refractivity (Wildman–Crippen MR) is 108 cm³/mol. The lowest BCUT2D eigenvalue weighted by Crippen LogP contribution is -2.34. The van der Waals surface area contributed by atoms with E-state index in [4.69, 9.17) is 0 Å². The quantitative estimate of drug-likeness (QED) is 0.743. The third-order valence-corrected chi connectivity index (χ3v) is 4.65. The van der Waals surface area contributed by atoms with Crippen molar-refractivity contribution in [1.29, 1.82) is 0 Å². The van der Waals surface area contributed by atoms with Crippen molar-refractivity contribution in [3.8, 4) is 11.3 Å². The number of carbonyl (C=O) groups excluding carboxylic acids is 1. The minimum absolute atomic E-state index is 0.254. The average molecular weight is 361 g/mol. The van der Waals surface area contributed by atoms with Crippen LogP contribution >= 0.6 is 0 Å². The first-order chi connectivity index (χ1) is 13.0. The van der Waals surface area contributed by atoms with Crippen LogP contribution in [0.15, 0.2) is 65.5 Å². The Labute approximate surface area is 158 Å². The predicted octanol–water partition coefficient (Wildman–Crippen LogP) is 4.12. The van der Waals surface area contributed by atoms with Gasteiger partial charge in [-0.15, -0.1) is 0 Å². The van der Waals surface area contributed by atoms with Crippen molar-refractivity contribution >= 4 is 11.6 Å². The van der Waals surface area contributed by atoms with Crippen LogP contribution in [0.5, 0.6) is 0 Å². The molecular weight excluding hydrogens is 338 g/mol. The van der Waals surface area contributed by atoms with E-state index in [-0.39, 0.29) is 11.5 Å². The maximum absolute atomic E-state index is 12.7. The standard InChI is InChI=1S/C22H23N3O2/c1-4-20(22(27)23-18-8-6-5-7-9-18)25-21(26)13-12-19(24-25)17-11-10-15(2)16(3)14-17/h5-14,20H,4H2,1-3H3,(H,23,27)/t20-/m1/s1. The SMILES string of the molecule is CC[C@H](C(=O)Nc1ccccc1)n1nc(-c2ccc(C)c(C)c2)ccc1=O. The normalized spacial score (nSPS) is 11.8. The van der Waals surface area contributed by atoms with Crippen LogP contribution in [0.3, 0.4) is 0 Å². The Balaban J connectivity index is 1.95. The molecule has 0 aliphatic carbocycles. The molecule has 138 valence electrons. The highest BCUT2D eigenvalue weighted by Gasteiger charge is 2.21. The molecule has 5 heteroatoms. The second kappa shape index (κ2) is 7.99. The lowest BCUT2D eigenvalue weighted by atomic mass is 10.0. The van der Waals surface area contributed by atoms with E-state index in [9.17, 15) is 9.59 Å². The Kier molecular flexibility index (Phi) is 5.50. The van der Waals surface area contributed by atoms with Gasteiger partial charge in [-0.25, -0.2) is 4.68 Å². The smallest absolute Gasteiger partial charge is 0.267 e. The molecule has 1 amide bonds. The maximum atomic E-state index is 12.7. The van der Waals surface area contributed by atoms with Crippen molar-refractivity contribution in [2.45, 2.75) is 33.2 Å². The third kappa shape index (κ3) is 4.14. The van der Waals surface area contributed by atoms with Gasteiger partial charge in [-0.3, -0.25) is 9.59 Å². The molecule has 3 rings (SSSR count). The third-order valence-electron chi connectivity index (χ3n) is 4.65. The number of anilines is 1. The van der Waals surface area contributed by atoms with Gasteiger partial charge in [-0.05, 0) is 55.7 Å². The van der Waals surface area contributed by atoms with Crippen molar-refractivity contribution in [1.82, 2.24) is 9.78 Å². The van der Waals surface area contributed by atoms with E-state index in [2.05, 4.69) is 17.3 Å². The molecule has 0 aliphatic heterocycles. The van der Waals surface area contributed by atoms with Crippen molar-refractivity contribution < 1.29 is 4.79 Å². The fraction of sp³-hybridized carbons (Fsp3) is 0.227. The first-order valence-corrected chi connectivity index (χ1v) is 9.03. The van der Waals surface area contributed by atoms with E-state index in [1.807, 2.05) is 62.4 Å². The number of para-hydroxylation sites is 1. The van der Waals surface area contributed by atoms with Gasteiger partial charge < -0.3 is 5.32 Å². The number of nitrogens with zero attached hydrogens (tertiary/aromatic N) is 2. The molecule has 0 spiro atoms. The van der Waals surface area contributed by atoms with Crippen LogP contribution in [0.2, 0.25) is 0 Å². The molecular formula is C22H23N3O2. The summed E-state index contributed by atoms with van der Waals surface area (Å²) in [6, 6.07) is 17.7. The highest BCUT2D eigenvalue weighted by Crippen LogP contribution is 2.20. The minimum Gasteiger partial charge on any atom is -0.324 e. The van der Waals surface area contributed by atoms with Crippen molar-refractivity contribution in [2.24, 2.45) is 0 Å². The first-order valence-electron chi connectivity index (χ1n) is 9.03. The van der Waals surface area contributed by atoms with Gasteiger partial charge in [0, 0.05) is 17.3 Å². The minimum atomic E-state index is -0.677. The molecule has 3 aromatic rings. The van der Waals surface area contributed by atoms with Crippen LogP contribution in [0, 0.1) is 13.8 Å².